The Kier molecular flexibility index (Phi) is 5.65. The second-order valence-electron chi connectivity index (χ2n) is 5.43. The van der Waals surface area contributed by atoms with E-state index in [9.17, 15) is 4.79 Å². The van der Waals surface area contributed by atoms with E-state index in [0.29, 0.717) is 23.7 Å². The van der Waals surface area contributed by atoms with Gasteiger partial charge in [0.1, 0.15) is 0 Å². The number of hydrogen-bond acceptors (Lipinski definition) is 4. The summed E-state index contributed by atoms with van der Waals surface area (Å²) in [5.74, 6) is 0.999. The number of carbonyl (C=O) groups is 1. The first kappa shape index (κ1) is 16.2. The monoisotopic (exact) mass is 302 g/mol. The van der Waals surface area contributed by atoms with Gasteiger partial charge in [-0.3, -0.25) is 4.79 Å². The Morgan fingerprint density at radius 3 is 2.86 bits per heavy atom. The highest BCUT2D eigenvalue weighted by Crippen LogP contribution is 2.28. The molecule has 1 atom stereocenters. The highest BCUT2D eigenvalue weighted by Gasteiger charge is 2.23. The Labute approximate surface area is 131 Å². The molecule has 1 saturated heterocycles. The third-order valence-electron chi connectivity index (χ3n) is 3.85. The predicted octanol–water partition coefficient (Wildman–Crippen LogP) is 2.74. The molecule has 0 aliphatic carbocycles. The van der Waals surface area contributed by atoms with Crippen LogP contribution in [0.4, 0.5) is 0 Å². The van der Waals surface area contributed by atoms with Crippen molar-refractivity contribution in [3.05, 3.63) is 23.8 Å². The zero-order chi connectivity index (χ0) is 15.9. The molecule has 5 heteroatoms. The third-order valence-corrected chi connectivity index (χ3v) is 3.85. The molecule has 1 aromatic carbocycles. The minimum absolute atomic E-state index is 0.000918. The number of nitrogens with zero attached hydrogens (tertiary/aromatic N) is 2. The van der Waals surface area contributed by atoms with Gasteiger partial charge < -0.3 is 14.4 Å². The van der Waals surface area contributed by atoms with Crippen LogP contribution in [0, 0.1) is 11.3 Å². The van der Waals surface area contributed by atoms with Crippen molar-refractivity contribution in [3.8, 4) is 17.6 Å². The van der Waals surface area contributed by atoms with Gasteiger partial charge in [-0.15, -0.1) is 0 Å². The smallest absolute Gasteiger partial charge is 0.260 e. The summed E-state index contributed by atoms with van der Waals surface area (Å²) in [6.45, 7) is 5.21. The summed E-state index contributed by atoms with van der Waals surface area (Å²) in [5, 5.41) is 8.93. The number of amides is 1. The number of rotatable bonds is 5. The van der Waals surface area contributed by atoms with E-state index >= 15 is 0 Å². The van der Waals surface area contributed by atoms with E-state index in [1.807, 2.05) is 11.8 Å². The molecular weight excluding hydrogens is 280 g/mol. The van der Waals surface area contributed by atoms with Crippen LogP contribution in [0.2, 0.25) is 0 Å². The van der Waals surface area contributed by atoms with Gasteiger partial charge in [0.05, 0.1) is 18.2 Å². The van der Waals surface area contributed by atoms with Crippen LogP contribution in [-0.2, 0) is 4.79 Å². The SMILES string of the molecule is CCOc1cc(C#N)ccc1OCC(=O)N1CCCCC1C. The Hall–Kier alpha value is -2.22. The molecule has 1 fully saturated rings. The molecule has 2 rings (SSSR count). The molecule has 0 radical (unpaired) electrons. The Bertz CT molecular complexity index is 566. The van der Waals surface area contributed by atoms with Crippen molar-refractivity contribution in [1.82, 2.24) is 4.90 Å². The van der Waals surface area contributed by atoms with Crippen molar-refractivity contribution in [1.29, 1.82) is 5.26 Å². The normalized spacial score (nSPS) is 17.7. The van der Waals surface area contributed by atoms with Gasteiger partial charge in [0.15, 0.2) is 18.1 Å². The molecular formula is C17H22N2O3. The van der Waals surface area contributed by atoms with E-state index < -0.39 is 0 Å². The molecule has 1 aliphatic rings. The minimum atomic E-state index is -0.00366. The van der Waals surface area contributed by atoms with E-state index in [0.717, 1.165) is 19.4 Å². The second kappa shape index (κ2) is 7.69. The molecule has 1 aliphatic heterocycles. The molecule has 22 heavy (non-hydrogen) atoms. The van der Waals surface area contributed by atoms with Crippen LogP contribution in [0.5, 0.6) is 11.5 Å². The average Bonchev–Trinajstić information content (AvgIpc) is 2.54. The number of hydrogen-bond donors (Lipinski definition) is 0. The van der Waals surface area contributed by atoms with Gasteiger partial charge in [-0.05, 0) is 45.2 Å². The van der Waals surface area contributed by atoms with Crippen LogP contribution < -0.4 is 9.47 Å². The molecule has 118 valence electrons. The number of likely N-dealkylation sites (tertiary alicyclic amines) is 1. The maximum absolute atomic E-state index is 12.3. The lowest BCUT2D eigenvalue weighted by molar-refractivity contribution is -0.136. The van der Waals surface area contributed by atoms with Gasteiger partial charge in [-0.1, -0.05) is 0 Å². The molecule has 0 spiro atoms. The van der Waals surface area contributed by atoms with Gasteiger partial charge in [-0.25, -0.2) is 0 Å². The van der Waals surface area contributed by atoms with Crippen molar-refractivity contribution < 1.29 is 14.3 Å². The Morgan fingerprint density at radius 2 is 2.18 bits per heavy atom. The quantitative estimate of drug-likeness (QED) is 0.839. The lowest BCUT2D eigenvalue weighted by Crippen LogP contribution is -2.44. The van der Waals surface area contributed by atoms with Gasteiger partial charge in [0, 0.05) is 18.7 Å². The fraction of sp³-hybridized carbons (Fsp3) is 0.529. The zero-order valence-electron chi connectivity index (χ0n) is 13.2. The fourth-order valence-corrected chi connectivity index (χ4v) is 2.66. The number of nitriles is 1. The largest absolute Gasteiger partial charge is 0.490 e. The first-order valence-corrected chi connectivity index (χ1v) is 7.75. The highest BCUT2D eigenvalue weighted by molar-refractivity contribution is 5.78. The molecule has 0 aromatic heterocycles. The van der Waals surface area contributed by atoms with Crippen LogP contribution in [-0.4, -0.2) is 36.6 Å². The average molecular weight is 302 g/mol. The maximum atomic E-state index is 12.3. The van der Waals surface area contributed by atoms with E-state index in [4.69, 9.17) is 14.7 Å². The van der Waals surface area contributed by atoms with E-state index in [-0.39, 0.29) is 18.6 Å². The molecule has 1 unspecified atom stereocenters. The van der Waals surface area contributed by atoms with Gasteiger partial charge in [0.2, 0.25) is 0 Å². The molecule has 0 bridgehead atoms. The molecule has 0 N–H and O–H groups in total. The van der Waals surface area contributed by atoms with Crippen molar-refractivity contribution in [2.45, 2.75) is 39.2 Å². The van der Waals surface area contributed by atoms with Crippen molar-refractivity contribution in [2.75, 3.05) is 19.8 Å². The standard InChI is InChI=1S/C17H22N2O3/c1-3-21-16-10-14(11-18)7-8-15(16)22-12-17(20)19-9-5-4-6-13(19)2/h7-8,10,13H,3-6,9,12H2,1-2H3. The van der Waals surface area contributed by atoms with Gasteiger partial charge >= 0.3 is 0 Å². The lowest BCUT2D eigenvalue weighted by atomic mass is 10.0. The summed E-state index contributed by atoms with van der Waals surface area (Å²) in [4.78, 5) is 14.2. The first-order chi connectivity index (χ1) is 10.7. The maximum Gasteiger partial charge on any atom is 0.260 e. The fourth-order valence-electron chi connectivity index (χ4n) is 2.66. The number of carbonyl (C=O) groups excluding carboxylic acids is 1. The summed E-state index contributed by atoms with van der Waals surface area (Å²) in [7, 11) is 0. The third kappa shape index (κ3) is 3.91. The number of piperidine rings is 1. The second-order valence-corrected chi connectivity index (χ2v) is 5.43. The van der Waals surface area contributed by atoms with Gasteiger partial charge in [0.25, 0.3) is 5.91 Å². The topological polar surface area (TPSA) is 62.6 Å². The van der Waals surface area contributed by atoms with E-state index in [1.165, 1.54) is 6.42 Å². The van der Waals surface area contributed by atoms with E-state index in [2.05, 4.69) is 13.0 Å². The van der Waals surface area contributed by atoms with Crippen LogP contribution >= 0.6 is 0 Å². The zero-order valence-corrected chi connectivity index (χ0v) is 13.2. The molecule has 1 aromatic rings. The van der Waals surface area contributed by atoms with Crippen molar-refractivity contribution in [3.63, 3.8) is 0 Å². The van der Waals surface area contributed by atoms with Gasteiger partial charge in [-0.2, -0.15) is 5.26 Å². The van der Waals surface area contributed by atoms with Crippen LogP contribution in [0.3, 0.4) is 0 Å². The highest BCUT2D eigenvalue weighted by atomic mass is 16.5. The lowest BCUT2D eigenvalue weighted by Gasteiger charge is -2.33. The Morgan fingerprint density at radius 1 is 1.36 bits per heavy atom. The van der Waals surface area contributed by atoms with Crippen molar-refractivity contribution in [2.24, 2.45) is 0 Å². The summed E-state index contributed by atoms with van der Waals surface area (Å²) in [6.07, 6.45) is 3.28. The van der Waals surface area contributed by atoms with Crippen LogP contribution in [0.15, 0.2) is 18.2 Å². The number of benzene rings is 1. The molecule has 1 amide bonds. The van der Waals surface area contributed by atoms with E-state index in [1.54, 1.807) is 18.2 Å². The molecule has 1 heterocycles. The summed E-state index contributed by atoms with van der Waals surface area (Å²) >= 11 is 0. The van der Waals surface area contributed by atoms with Crippen molar-refractivity contribution >= 4 is 5.91 Å². The predicted molar refractivity (Wildman–Crippen MR) is 82.8 cm³/mol. The Balaban J connectivity index is 2.01. The van der Waals surface area contributed by atoms with Crippen LogP contribution in [0.25, 0.3) is 0 Å². The first-order valence-electron chi connectivity index (χ1n) is 7.75. The van der Waals surface area contributed by atoms with Crippen LogP contribution in [0.1, 0.15) is 38.7 Å². The minimum Gasteiger partial charge on any atom is -0.490 e. The summed E-state index contributed by atoms with van der Waals surface area (Å²) in [6, 6.07) is 7.31. The summed E-state index contributed by atoms with van der Waals surface area (Å²) < 4.78 is 11.1. The summed E-state index contributed by atoms with van der Waals surface area (Å²) in [5.41, 5.74) is 0.506. The number of ether oxygens (including phenoxy) is 2. The molecule has 5 nitrogen and oxygen atoms in total. The molecule has 0 saturated carbocycles.